The van der Waals surface area contributed by atoms with Gasteiger partial charge in [-0.15, -0.1) is 0 Å². The Morgan fingerprint density at radius 1 is 1.29 bits per heavy atom. The van der Waals surface area contributed by atoms with Gasteiger partial charge in [0.15, 0.2) is 0 Å². The van der Waals surface area contributed by atoms with E-state index >= 15 is 0 Å². The van der Waals surface area contributed by atoms with Gasteiger partial charge in [-0.05, 0) is 25.3 Å². The summed E-state index contributed by atoms with van der Waals surface area (Å²) in [7, 11) is 0. The highest BCUT2D eigenvalue weighted by Gasteiger charge is 2.36. The first-order valence-corrected chi connectivity index (χ1v) is 5.83. The van der Waals surface area contributed by atoms with Gasteiger partial charge < -0.3 is 15.8 Å². The van der Waals surface area contributed by atoms with Crippen LogP contribution in [0, 0.1) is 11.3 Å². The normalized spacial score (nSPS) is 26.4. The van der Waals surface area contributed by atoms with Crippen LogP contribution in [0.1, 0.15) is 25.7 Å². The second kappa shape index (κ2) is 4.60. The van der Waals surface area contributed by atoms with E-state index in [1.165, 1.54) is 32.2 Å². The fourth-order valence-electron chi connectivity index (χ4n) is 2.44. The van der Waals surface area contributed by atoms with E-state index in [1.54, 1.807) is 0 Å². The van der Waals surface area contributed by atoms with E-state index in [0.717, 1.165) is 32.2 Å². The minimum atomic E-state index is 0.263. The van der Waals surface area contributed by atoms with E-state index < -0.39 is 0 Å². The van der Waals surface area contributed by atoms with Crippen LogP contribution in [0.25, 0.3) is 0 Å². The Balaban J connectivity index is 1.61. The number of ether oxygens (including phenoxy) is 1. The summed E-state index contributed by atoms with van der Waals surface area (Å²) in [6.45, 7) is 4.68. The van der Waals surface area contributed by atoms with Gasteiger partial charge in [0.2, 0.25) is 0 Å². The summed E-state index contributed by atoms with van der Waals surface area (Å²) in [6.07, 6.45) is 5.69. The van der Waals surface area contributed by atoms with Crippen molar-refractivity contribution in [3.8, 4) is 0 Å². The minimum absolute atomic E-state index is 0.263. The van der Waals surface area contributed by atoms with Crippen molar-refractivity contribution in [1.82, 2.24) is 5.32 Å². The van der Waals surface area contributed by atoms with E-state index in [4.69, 9.17) is 10.5 Å². The first-order valence-electron chi connectivity index (χ1n) is 5.83. The topological polar surface area (TPSA) is 47.3 Å². The van der Waals surface area contributed by atoms with Gasteiger partial charge in [0.05, 0.1) is 13.2 Å². The monoisotopic (exact) mass is 198 g/mol. The SMILES string of the molecule is NCC1(CNCC2CCCC2)COC1. The molecule has 0 radical (unpaired) electrons. The lowest BCUT2D eigenvalue weighted by atomic mass is 9.86. The molecule has 1 aliphatic carbocycles. The van der Waals surface area contributed by atoms with Gasteiger partial charge in [-0.1, -0.05) is 12.8 Å². The smallest absolute Gasteiger partial charge is 0.0569 e. The Kier molecular flexibility index (Phi) is 3.42. The molecule has 0 amide bonds. The van der Waals surface area contributed by atoms with Gasteiger partial charge in [0, 0.05) is 18.5 Å². The highest BCUT2D eigenvalue weighted by atomic mass is 16.5. The number of hydrogen-bond acceptors (Lipinski definition) is 3. The minimum Gasteiger partial charge on any atom is -0.380 e. The molecule has 2 aliphatic rings. The third-order valence-electron chi connectivity index (χ3n) is 3.66. The number of hydrogen-bond donors (Lipinski definition) is 2. The van der Waals surface area contributed by atoms with Crippen LogP contribution in [0.3, 0.4) is 0 Å². The summed E-state index contributed by atoms with van der Waals surface area (Å²) in [4.78, 5) is 0. The van der Waals surface area contributed by atoms with Gasteiger partial charge in [-0.2, -0.15) is 0 Å². The molecular weight excluding hydrogens is 176 g/mol. The van der Waals surface area contributed by atoms with Gasteiger partial charge in [-0.3, -0.25) is 0 Å². The van der Waals surface area contributed by atoms with Crippen molar-refractivity contribution >= 4 is 0 Å². The number of rotatable bonds is 5. The molecule has 0 aromatic carbocycles. The molecule has 82 valence electrons. The maximum atomic E-state index is 5.74. The summed E-state index contributed by atoms with van der Waals surface area (Å²) in [5, 5.41) is 3.56. The zero-order valence-corrected chi connectivity index (χ0v) is 8.93. The summed E-state index contributed by atoms with van der Waals surface area (Å²) in [5.74, 6) is 0.922. The zero-order valence-electron chi connectivity index (χ0n) is 8.93. The van der Waals surface area contributed by atoms with E-state index in [-0.39, 0.29) is 5.41 Å². The second-order valence-electron chi connectivity index (χ2n) is 4.98. The molecule has 1 heterocycles. The van der Waals surface area contributed by atoms with Crippen LogP contribution in [-0.2, 0) is 4.74 Å². The fourth-order valence-corrected chi connectivity index (χ4v) is 2.44. The van der Waals surface area contributed by atoms with Crippen molar-refractivity contribution in [2.24, 2.45) is 17.1 Å². The predicted molar refractivity (Wildman–Crippen MR) is 57.1 cm³/mol. The molecule has 2 fully saturated rings. The van der Waals surface area contributed by atoms with Crippen LogP contribution < -0.4 is 11.1 Å². The molecule has 3 nitrogen and oxygen atoms in total. The van der Waals surface area contributed by atoms with E-state index in [0.29, 0.717) is 0 Å². The molecule has 0 bridgehead atoms. The van der Waals surface area contributed by atoms with Crippen molar-refractivity contribution in [2.45, 2.75) is 25.7 Å². The molecule has 3 heteroatoms. The third kappa shape index (κ3) is 2.27. The van der Waals surface area contributed by atoms with Gasteiger partial charge in [0.1, 0.15) is 0 Å². The molecule has 3 N–H and O–H groups in total. The summed E-state index contributed by atoms with van der Waals surface area (Å²) in [6, 6.07) is 0. The lowest BCUT2D eigenvalue weighted by molar-refractivity contribution is -0.105. The van der Waals surface area contributed by atoms with Gasteiger partial charge in [-0.25, -0.2) is 0 Å². The maximum Gasteiger partial charge on any atom is 0.0569 e. The van der Waals surface area contributed by atoms with Crippen molar-refractivity contribution in [1.29, 1.82) is 0 Å². The largest absolute Gasteiger partial charge is 0.380 e. The second-order valence-corrected chi connectivity index (χ2v) is 4.98. The summed E-state index contributed by atoms with van der Waals surface area (Å²) < 4.78 is 5.23. The van der Waals surface area contributed by atoms with Crippen molar-refractivity contribution < 1.29 is 4.74 Å². The maximum absolute atomic E-state index is 5.74. The van der Waals surface area contributed by atoms with Gasteiger partial charge in [0.25, 0.3) is 0 Å². The van der Waals surface area contributed by atoms with E-state index in [9.17, 15) is 0 Å². The molecule has 0 spiro atoms. The highest BCUT2D eigenvalue weighted by Crippen LogP contribution is 2.26. The predicted octanol–water partition coefficient (Wildman–Crippen LogP) is 0.741. The summed E-state index contributed by atoms with van der Waals surface area (Å²) in [5.41, 5.74) is 6.01. The molecule has 0 aromatic rings. The quantitative estimate of drug-likeness (QED) is 0.685. The summed E-state index contributed by atoms with van der Waals surface area (Å²) >= 11 is 0. The first kappa shape index (κ1) is 10.4. The molecule has 1 saturated carbocycles. The molecule has 1 saturated heterocycles. The third-order valence-corrected chi connectivity index (χ3v) is 3.66. The molecule has 0 unspecified atom stereocenters. The lowest BCUT2D eigenvalue weighted by Gasteiger charge is -2.40. The molecule has 14 heavy (non-hydrogen) atoms. The van der Waals surface area contributed by atoms with Crippen LogP contribution >= 0.6 is 0 Å². The Morgan fingerprint density at radius 3 is 2.50 bits per heavy atom. The van der Waals surface area contributed by atoms with Crippen LogP contribution in [0.15, 0.2) is 0 Å². The van der Waals surface area contributed by atoms with Crippen LogP contribution in [0.4, 0.5) is 0 Å². The Hall–Kier alpha value is -0.120. The van der Waals surface area contributed by atoms with Crippen molar-refractivity contribution in [3.05, 3.63) is 0 Å². The average Bonchev–Trinajstić information content (AvgIpc) is 2.62. The molecule has 0 atom stereocenters. The Labute approximate surface area is 86.4 Å². The lowest BCUT2D eigenvalue weighted by Crippen LogP contribution is -2.54. The highest BCUT2D eigenvalue weighted by molar-refractivity contribution is 4.88. The van der Waals surface area contributed by atoms with E-state index in [2.05, 4.69) is 5.32 Å². The molecule has 2 rings (SSSR count). The average molecular weight is 198 g/mol. The van der Waals surface area contributed by atoms with E-state index in [1.807, 2.05) is 0 Å². The Bertz CT molecular complexity index is 169. The Morgan fingerprint density at radius 2 is 2.00 bits per heavy atom. The zero-order chi connectivity index (χ0) is 9.86. The van der Waals surface area contributed by atoms with Crippen LogP contribution in [0.5, 0.6) is 0 Å². The molecule has 0 aromatic heterocycles. The molecule has 1 aliphatic heterocycles. The number of nitrogens with two attached hydrogens (primary N) is 1. The van der Waals surface area contributed by atoms with Crippen molar-refractivity contribution in [3.63, 3.8) is 0 Å². The fraction of sp³-hybridized carbons (Fsp3) is 1.00. The van der Waals surface area contributed by atoms with Crippen LogP contribution in [0.2, 0.25) is 0 Å². The van der Waals surface area contributed by atoms with Crippen LogP contribution in [-0.4, -0.2) is 32.8 Å². The standard InChI is InChI=1S/C11H22N2O/c12-6-11(8-14-9-11)7-13-5-10-3-1-2-4-10/h10,13H,1-9,12H2. The molecular formula is C11H22N2O. The first-order chi connectivity index (χ1) is 6.85. The van der Waals surface area contributed by atoms with Crippen molar-refractivity contribution in [2.75, 3.05) is 32.8 Å². The number of nitrogens with one attached hydrogen (secondary N) is 1. The van der Waals surface area contributed by atoms with Gasteiger partial charge >= 0.3 is 0 Å².